The van der Waals surface area contributed by atoms with Gasteiger partial charge in [-0.05, 0) is 91.8 Å². The summed E-state index contributed by atoms with van der Waals surface area (Å²) in [6.45, 7) is 10.1. The number of rotatable bonds is 11. The second kappa shape index (κ2) is 13.4. The molecule has 0 spiro atoms. The van der Waals surface area contributed by atoms with Crippen LogP contribution in [0.25, 0.3) is 0 Å². The minimum absolute atomic E-state index is 0.0399. The lowest BCUT2D eigenvalue weighted by molar-refractivity contribution is -0.263. The molecule has 5 rings (SSSR count). The van der Waals surface area contributed by atoms with Crippen molar-refractivity contribution in [1.29, 1.82) is 0 Å². The molecule has 0 aromatic heterocycles. The number of hydrogen-bond donors (Lipinski definition) is 6. The van der Waals surface area contributed by atoms with Crippen LogP contribution in [0.4, 0.5) is 0 Å². The highest BCUT2D eigenvalue weighted by atomic mass is 32.3. The maximum absolute atomic E-state index is 12.6. The molecule has 0 radical (unpaired) electrons. The fourth-order valence-corrected chi connectivity index (χ4v) is 11.5. The van der Waals surface area contributed by atoms with E-state index >= 15 is 0 Å². The Bertz CT molecular complexity index is 1170. The van der Waals surface area contributed by atoms with Gasteiger partial charge in [0.25, 0.3) is 0 Å². The van der Waals surface area contributed by atoms with Gasteiger partial charge in [0.15, 0.2) is 6.29 Å². The van der Waals surface area contributed by atoms with Crippen molar-refractivity contribution in [3.8, 4) is 0 Å². The molecule has 16 atom stereocenters. The van der Waals surface area contributed by atoms with E-state index < -0.39 is 65.5 Å². The Labute approximate surface area is 274 Å². The minimum atomic E-state index is -4.70. The molecule has 13 heteroatoms. The smallest absolute Gasteiger partial charge is 0.393 e. The summed E-state index contributed by atoms with van der Waals surface area (Å²) >= 11 is 0. The van der Waals surface area contributed by atoms with Gasteiger partial charge in [0.1, 0.15) is 18.3 Å². The van der Waals surface area contributed by atoms with Gasteiger partial charge in [-0.25, -0.2) is 4.18 Å². The molecule has 46 heavy (non-hydrogen) atoms. The van der Waals surface area contributed by atoms with Crippen molar-refractivity contribution in [2.45, 2.75) is 147 Å². The third kappa shape index (κ3) is 6.57. The quantitative estimate of drug-likeness (QED) is 0.175. The lowest BCUT2D eigenvalue weighted by Crippen LogP contribution is -2.68. The van der Waals surface area contributed by atoms with Crippen molar-refractivity contribution < 1.29 is 56.9 Å². The van der Waals surface area contributed by atoms with Crippen LogP contribution in [0.1, 0.15) is 92.4 Å². The predicted octanol–water partition coefficient (Wildman–Crippen LogP) is 2.44. The molecule has 0 aromatic rings. The number of hydrogen-bond acceptors (Lipinski definition) is 11. The summed E-state index contributed by atoms with van der Waals surface area (Å²) in [6, 6.07) is 0. The molecular weight excluding hydrogens is 620 g/mol. The molecule has 5 fully saturated rings. The topological polar surface area (TPSA) is 192 Å². The molecule has 1 saturated heterocycles. The largest absolute Gasteiger partial charge is 0.397 e. The summed E-state index contributed by atoms with van der Waals surface area (Å²) in [7, 11) is -3.33. The first-order valence-electron chi connectivity index (χ1n) is 17.3. The molecule has 268 valence electrons. The fourth-order valence-electron chi connectivity index (χ4n) is 11.2. The average molecular weight is 679 g/mol. The molecule has 0 aromatic carbocycles. The number of methoxy groups -OCH3 is 1. The van der Waals surface area contributed by atoms with Gasteiger partial charge in [0.2, 0.25) is 0 Å². The Morgan fingerprint density at radius 2 is 1.63 bits per heavy atom. The highest BCUT2D eigenvalue weighted by Gasteiger charge is 2.70. The van der Waals surface area contributed by atoms with Crippen LogP contribution in [0.3, 0.4) is 0 Å². The molecule has 6 N–H and O–H groups in total. The maximum Gasteiger partial charge on any atom is 0.397 e. The third-order valence-electron chi connectivity index (χ3n) is 13.3. The molecular formula is C33H58O12S. The van der Waals surface area contributed by atoms with Crippen molar-refractivity contribution in [3.63, 3.8) is 0 Å². The average Bonchev–Trinajstić information content (AvgIpc) is 3.41. The molecule has 4 aliphatic carbocycles. The predicted molar refractivity (Wildman–Crippen MR) is 167 cm³/mol. The fraction of sp³-hybridized carbons (Fsp3) is 1.00. The molecule has 5 unspecified atom stereocenters. The van der Waals surface area contributed by atoms with E-state index in [0.717, 1.165) is 25.7 Å². The molecule has 0 bridgehead atoms. The van der Waals surface area contributed by atoms with Crippen LogP contribution in [-0.2, 0) is 28.8 Å². The molecule has 1 heterocycles. The van der Waals surface area contributed by atoms with Gasteiger partial charge < -0.3 is 39.7 Å². The molecule has 5 aliphatic rings. The lowest BCUT2D eigenvalue weighted by Gasteiger charge is -2.66. The van der Waals surface area contributed by atoms with Gasteiger partial charge in [-0.1, -0.05) is 34.6 Å². The van der Waals surface area contributed by atoms with E-state index in [1.165, 1.54) is 7.11 Å². The van der Waals surface area contributed by atoms with E-state index in [4.69, 9.17) is 18.8 Å². The van der Waals surface area contributed by atoms with Crippen LogP contribution in [0.15, 0.2) is 0 Å². The third-order valence-corrected chi connectivity index (χ3v) is 13.8. The van der Waals surface area contributed by atoms with Crippen LogP contribution in [0.2, 0.25) is 0 Å². The zero-order chi connectivity index (χ0) is 34.0. The van der Waals surface area contributed by atoms with Gasteiger partial charge in [-0.3, -0.25) is 4.55 Å². The monoisotopic (exact) mass is 678 g/mol. The van der Waals surface area contributed by atoms with Crippen LogP contribution >= 0.6 is 0 Å². The van der Waals surface area contributed by atoms with Crippen LogP contribution < -0.4 is 0 Å². The summed E-state index contributed by atoms with van der Waals surface area (Å²) in [5.41, 5.74) is -1.78. The number of ether oxygens (including phenoxy) is 3. The Morgan fingerprint density at radius 3 is 2.26 bits per heavy atom. The number of aliphatic hydroxyl groups is 5. The molecule has 4 saturated carbocycles. The van der Waals surface area contributed by atoms with E-state index in [2.05, 4.69) is 25.0 Å². The molecule has 12 nitrogen and oxygen atoms in total. The van der Waals surface area contributed by atoms with Crippen molar-refractivity contribution >= 4 is 10.4 Å². The zero-order valence-corrected chi connectivity index (χ0v) is 29.0. The molecule has 0 amide bonds. The molecule has 1 aliphatic heterocycles. The second-order valence-corrected chi connectivity index (χ2v) is 17.3. The van der Waals surface area contributed by atoms with Crippen LogP contribution in [0, 0.1) is 46.3 Å². The Hall–Kier alpha value is -0.450. The Morgan fingerprint density at radius 1 is 0.957 bits per heavy atom. The second-order valence-electron chi connectivity index (χ2n) is 16.2. The Balaban J connectivity index is 1.26. The maximum atomic E-state index is 12.6. The highest BCUT2D eigenvalue weighted by molar-refractivity contribution is 7.80. The van der Waals surface area contributed by atoms with Gasteiger partial charge in [0.05, 0.1) is 36.6 Å². The first kappa shape index (κ1) is 36.8. The van der Waals surface area contributed by atoms with Crippen molar-refractivity contribution in [2.75, 3.05) is 13.7 Å². The first-order valence-corrected chi connectivity index (χ1v) is 18.6. The van der Waals surface area contributed by atoms with E-state index in [0.29, 0.717) is 25.7 Å². The van der Waals surface area contributed by atoms with Crippen molar-refractivity contribution in [3.05, 3.63) is 0 Å². The number of fused-ring (bicyclic) bond motifs is 5. The van der Waals surface area contributed by atoms with Crippen molar-refractivity contribution in [2.24, 2.45) is 46.3 Å². The zero-order valence-electron chi connectivity index (χ0n) is 28.2. The summed E-state index contributed by atoms with van der Waals surface area (Å²) < 4.78 is 53.0. The summed E-state index contributed by atoms with van der Waals surface area (Å²) in [5.74, 6) is -0.0431. The standard InChI is InChI=1S/C33H58O12S/c1-17(2)24(44-30-27(37)28(42-6)25(45-30)16-43-46(39,40)41)8-7-18(3)20-14-22(35)29-32(20,5)12-10-26-31(4)11-9-19(34)13-21(31)23(36)15-33(26,29)38/h17-30,34-38H,7-16H2,1-6H3,(H,39,40,41)/t18?,19-,20+,21?,22-,23-,24?,25-,26?,27+,28-,29?,30+,31-,32+,33-/m0/s1. The highest BCUT2D eigenvalue weighted by Crippen LogP contribution is 2.69. The summed E-state index contributed by atoms with van der Waals surface area (Å²) in [6.07, 6.45) is -0.342. The van der Waals surface area contributed by atoms with Gasteiger partial charge in [0, 0.05) is 19.4 Å². The lowest BCUT2D eigenvalue weighted by atomic mass is 9.42. The van der Waals surface area contributed by atoms with E-state index in [9.17, 15) is 34.0 Å². The number of aliphatic hydroxyl groups excluding tert-OH is 4. The normalized spacial score (nSPS) is 48.9. The van der Waals surface area contributed by atoms with E-state index in [1.807, 2.05) is 13.8 Å². The Kier molecular flexibility index (Phi) is 10.7. The van der Waals surface area contributed by atoms with Gasteiger partial charge in [-0.15, -0.1) is 0 Å². The summed E-state index contributed by atoms with van der Waals surface area (Å²) in [5, 5.41) is 56.8. The van der Waals surface area contributed by atoms with Gasteiger partial charge >= 0.3 is 10.4 Å². The first-order chi connectivity index (χ1) is 21.4. The van der Waals surface area contributed by atoms with Crippen molar-refractivity contribution in [1.82, 2.24) is 0 Å². The van der Waals surface area contributed by atoms with Crippen LogP contribution in [-0.4, -0.2) is 107 Å². The van der Waals surface area contributed by atoms with E-state index in [1.54, 1.807) is 0 Å². The van der Waals surface area contributed by atoms with Crippen LogP contribution in [0.5, 0.6) is 0 Å². The summed E-state index contributed by atoms with van der Waals surface area (Å²) in [4.78, 5) is 0. The minimum Gasteiger partial charge on any atom is -0.393 e. The van der Waals surface area contributed by atoms with Gasteiger partial charge in [-0.2, -0.15) is 8.42 Å². The SMILES string of the molecule is CO[C@@H]1[C@@H](O)[C@H](OC(CCC(C)[C@H]2C[C@H](O)C3[C@]4(O)C[C@H](O)C5C[C@@H](O)CC[C@]5(C)C4CC[C@@]32C)C(C)C)O[C@H]1COS(=O)(=O)O. The van der Waals surface area contributed by atoms with E-state index in [-0.39, 0.29) is 58.9 Å².